The minimum Gasteiger partial charge on any atom is -0.355 e. The normalized spacial score (nSPS) is 14.8. The highest BCUT2D eigenvalue weighted by Crippen LogP contribution is 2.30. The summed E-state index contributed by atoms with van der Waals surface area (Å²) in [6, 6.07) is 14.2. The number of rotatable bonds is 8. The summed E-state index contributed by atoms with van der Waals surface area (Å²) in [5.74, 6) is 0.887. The monoisotopic (exact) mass is 474 g/mol. The van der Waals surface area contributed by atoms with Gasteiger partial charge in [0, 0.05) is 61.4 Å². The first-order valence-electron chi connectivity index (χ1n) is 10.6. The molecule has 1 fully saturated rings. The van der Waals surface area contributed by atoms with Crippen LogP contribution in [0.2, 0.25) is 5.02 Å². The van der Waals surface area contributed by atoms with Gasteiger partial charge in [-0.25, -0.2) is 4.98 Å². The number of piperazine rings is 1. The Hall–Kier alpha value is -1.80. The smallest absolute Gasteiger partial charge is 0.220 e. The SMILES string of the molecule is Cc1ccc2nc(N3CCN(CCNC(=O)CCSc4ccc(Cl)cc4)CC3)sc2c1. The number of aryl methyl sites for hydroxylation is 1. The number of carbonyl (C=O) groups excluding carboxylic acids is 1. The van der Waals surface area contributed by atoms with Gasteiger partial charge in [-0.3, -0.25) is 9.69 Å². The average molecular weight is 475 g/mol. The van der Waals surface area contributed by atoms with Gasteiger partial charge >= 0.3 is 0 Å². The van der Waals surface area contributed by atoms with E-state index >= 15 is 0 Å². The first kappa shape index (κ1) is 22.4. The third-order valence-electron chi connectivity index (χ3n) is 5.34. The standard InChI is InChI=1S/C23H27ClN4OS2/c1-17-2-7-20-21(16-17)31-23(26-20)28-13-11-27(12-14-28)10-9-25-22(29)8-15-30-19-5-3-18(24)4-6-19/h2-7,16H,8-15H2,1H3,(H,25,29). The Morgan fingerprint density at radius 1 is 1.16 bits per heavy atom. The zero-order valence-electron chi connectivity index (χ0n) is 17.6. The number of benzene rings is 2. The van der Waals surface area contributed by atoms with Crippen LogP contribution in [-0.2, 0) is 4.79 Å². The van der Waals surface area contributed by atoms with Crippen LogP contribution in [0.3, 0.4) is 0 Å². The number of thiazole rings is 1. The number of amides is 1. The summed E-state index contributed by atoms with van der Waals surface area (Å²) in [5.41, 5.74) is 2.36. The highest BCUT2D eigenvalue weighted by molar-refractivity contribution is 7.99. The zero-order chi connectivity index (χ0) is 21.6. The molecular formula is C23H27ClN4OS2. The van der Waals surface area contributed by atoms with E-state index in [1.165, 1.54) is 10.3 Å². The number of nitrogens with zero attached hydrogens (tertiary/aromatic N) is 3. The highest BCUT2D eigenvalue weighted by atomic mass is 35.5. The van der Waals surface area contributed by atoms with Crippen LogP contribution < -0.4 is 10.2 Å². The molecule has 164 valence electrons. The second kappa shape index (κ2) is 10.7. The summed E-state index contributed by atoms with van der Waals surface area (Å²) in [7, 11) is 0. The predicted octanol–water partition coefficient (Wildman–Crippen LogP) is 4.68. The number of nitrogens with one attached hydrogen (secondary N) is 1. The lowest BCUT2D eigenvalue weighted by Crippen LogP contribution is -2.48. The lowest BCUT2D eigenvalue weighted by Gasteiger charge is -2.34. The zero-order valence-corrected chi connectivity index (χ0v) is 20.0. The van der Waals surface area contributed by atoms with Gasteiger partial charge in [-0.2, -0.15) is 0 Å². The van der Waals surface area contributed by atoms with E-state index in [4.69, 9.17) is 16.6 Å². The van der Waals surface area contributed by atoms with E-state index in [0.717, 1.165) is 59.0 Å². The molecule has 3 aromatic rings. The molecule has 1 aliphatic heterocycles. The van der Waals surface area contributed by atoms with Crippen molar-refractivity contribution in [3.63, 3.8) is 0 Å². The number of halogens is 1. The Morgan fingerprint density at radius 3 is 2.71 bits per heavy atom. The first-order valence-corrected chi connectivity index (χ1v) is 12.7. The largest absolute Gasteiger partial charge is 0.355 e. The maximum atomic E-state index is 12.1. The number of anilines is 1. The summed E-state index contributed by atoms with van der Waals surface area (Å²) in [4.78, 5) is 22.8. The van der Waals surface area contributed by atoms with E-state index in [-0.39, 0.29) is 5.91 Å². The molecule has 0 saturated carbocycles. The van der Waals surface area contributed by atoms with Crippen LogP contribution in [0.5, 0.6) is 0 Å². The van der Waals surface area contributed by atoms with Crippen molar-refractivity contribution in [1.82, 2.24) is 15.2 Å². The fraction of sp³-hybridized carbons (Fsp3) is 0.391. The van der Waals surface area contributed by atoms with Crippen LogP contribution in [0.4, 0.5) is 5.13 Å². The molecule has 0 radical (unpaired) electrons. The van der Waals surface area contributed by atoms with Gasteiger partial charge < -0.3 is 10.2 Å². The van der Waals surface area contributed by atoms with Crippen LogP contribution in [-0.4, -0.2) is 60.8 Å². The second-order valence-electron chi connectivity index (χ2n) is 7.70. The molecule has 2 aromatic carbocycles. The molecule has 1 amide bonds. The fourth-order valence-electron chi connectivity index (χ4n) is 3.55. The number of carbonyl (C=O) groups is 1. The number of hydrogen-bond acceptors (Lipinski definition) is 6. The van der Waals surface area contributed by atoms with Gasteiger partial charge in [-0.15, -0.1) is 11.8 Å². The maximum absolute atomic E-state index is 12.1. The molecule has 1 saturated heterocycles. The van der Waals surface area contributed by atoms with E-state index < -0.39 is 0 Å². The molecule has 2 heterocycles. The third-order valence-corrected chi connectivity index (χ3v) is 7.68. The molecule has 0 bridgehead atoms. The maximum Gasteiger partial charge on any atom is 0.220 e. The molecule has 31 heavy (non-hydrogen) atoms. The molecule has 1 N–H and O–H groups in total. The van der Waals surface area contributed by atoms with Gasteiger partial charge in [0.25, 0.3) is 0 Å². The topological polar surface area (TPSA) is 48.5 Å². The van der Waals surface area contributed by atoms with E-state index in [9.17, 15) is 4.79 Å². The van der Waals surface area contributed by atoms with Crippen molar-refractivity contribution in [3.8, 4) is 0 Å². The minimum atomic E-state index is 0.116. The van der Waals surface area contributed by atoms with Gasteiger partial charge in [0.2, 0.25) is 5.91 Å². The van der Waals surface area contributed by atoms with Crippen molar-refractivity contribution in [1.29, 1.82) is 0 Å². The second-order valence-corrected chi connectivity index (χ2v) is 10.3. The molecule has 0 spiro atoms. The molecule has 0 aliphatic carbocycles. The van der Waals surface area contributed by atoms with Crippen molar-refractivity contribution < 1.29 is 4.79 Å². The summed E-state index contributed by atoms with van der Waals surface area (Å²) in [6.07, 6.45) is 0.526. The Labute approximate surface area is 196 Å². The van der Waals surface area contributed by atoms with Crippen molar-refractivity contribution >= 4 is 56.0 Å². The molecule has 1 aromatic heterocycles. The Kier molecular flexibility index (Phi) is 7.72. The summed E-state index contributed by atoms with van der Waals surface area (Å²) in [6.45, 7) is 7.66. The van der Waals surface area contributed by atoms with E-state index in [1.54, 1.807) is 23.1 Å². The van der Waals surface area contributed by atoms with Gasteiger partial charge in [0.1, 0.15) is 0 Å². The molecule has 4 rings (SSSR count). The van der Waals surface area contributed by atoms with Gasteiger partial charge in [0.15, 0.2) is 5.13 Å². The lowest BCUT2D eigenvalue weighted by molar-refractivity contribution is -0.120. The van der Waals surface area contributed by atoms with Gasteiger partial charge in [-0.1, -0.05) is 29.0 Å². The molecular weight excluding hydrogens is 448 g/mol. The fourth-order valence-corrected chi connectivity index (χ4v) is 5.65. The summed E-state index contributed by atoms with van der Waals surface area (Å²) in [5, 5.41) is 4.90. The lowest BCUT2D eigenvalue weighted by atomic mass is 10.2. The number of aromatic nitrogens is 1. The van der Waals surface area contributed by atoms with E-state index in [2.05, 4.69) is 40.2 Å². The van der Waals surface area contributed by atoms with Crippen molar-refractivity contribution in [3.05, 3.63) is 53.1 Å². The Balaban J connectivity index is 1.13. The molecule has 8 heteroatoms. The van der Waals surface area contributed by atoms with Crippen LogP contribution in [0.25, 0.3) is 10.2 Å². The van der Waals surface area contributed by atoms with Gasteiger partial charge in [-0.05, 0) is 48.9 Å². The molecule has 0 unspecified atom stereocenters. The van der Waals surface area contributed by atoms with E-state index in [1.807, 2.05) is 24.3 Å². The molecule has 1 aliphatic rings. The van der Waals surface area contributed by atoms with Crippen LogP contribution >= 0.6 is 34.7 Å². The van der Waals surface area contributed by atoms with Crippen LogP contribution in [0, 0.1) is 6.92 Å². The highest BCUT2D eigenvalue weighted by Gasteiger charge is 2.19. The van der Waals surface area contributed by atoms with Crippen LogP contribution in [0.15, 0.2) is 47.4 Å². The Morgan fingerprint density at radius 2 is 1.94 bits per heavy atom. The minimum absolute atomic E-state index is 0.116. The van der Waals surface area contributed by atoms with Gasteiger partial charge in [0.05, 0.1) is 10.2 Å². The Bertz CT molecular complexity index is 1020. The molecule has 5 nitrogen and oxygen atoms in total. The number of fused-ring (bicyclic) bond motifs is 1. The average Bonchev–Trinajstić information content (AvgIpc) is 3.19. The summed E-state index contributed by atoms with van der Waals surface area (Å²) >= 11 is 9.35. The third kappa shape index (κ3) is 6.35. The number of hydrogen-bond donors (Lipinski definition) is 1. The predicted molar refractivity (Wildman–Crippen MR) is 133 cm³/mol. The molecule has 0 atom stereocenters. The first-order chi connectivity index (χ1) is 15.1. The van der Waals surface area contributed by atoms with Crippen molar-refractivity contribution in [2.75, 3.05) is 49.9 Å². The van der Waals surface area contributed by atoms with Crippen LogP contribution in [0.1, 0.15) is 12.0 Å². The quantitative estimate of drug-likeness (QED) is 0.480. The summed E-state index contributed by atoms with van der Waals surface area (Å²) < 4.78 is 1.26. The van der Waals surface area contributed by atoms with E-state index in [0.29, 0.717) is 13.0 Å². The van der Waals surface area contributed by atoms with Crippen molar-refractivity contribution in [2.45, 2.75) is 18.2 Å². The number of thioether (sulfide) groups is 1. The van der Waals surface area contributed by atoms with Crippen molar-refractivity contribution in [2.24, 2.45) is 0 Å².